The van der Waals surface area contributed by atoms with E-state index in [9.17, 15) is 10.2 Å². The van der Waals surface area contributed by atoms with Gasteiger partial charge >= 0.3 is 0 Å². The van der Waals surface area contributed by atoms with Crippen molar-refractivity contribution in [2.45, 2.75) is 52.2 Å². The molecular weight excluding hydrogens is 140 g/mol. The highest BCUT2D eigenvalue weighted by Crippen LogP contribution is 2.22. The fraction of sp³-hybridized carbons (Fsp3) is 1.00. The smallest absolute Gasteiger partial charge is 0.0667 e. The van der Waals surface area contributed by atoms with E-state index in [1.807, 2.05) is 20.8 Å². The topological polar surface area (TPSA) is 40.5 Å². The Balaban J connectivity index is 3.90. The van der Waals surface area contributed by atoms with Gasteiger partial charge in [0.05, 0.1) is 11.7 Å². The summed E-state index contributed by atoms with van der Waals surface area (Å²) in [6, 6.07) is 0. The first-order valence-electron chi connectivity index (χ1n) is 4.30. The molecule has 0 saturated carbocycles. The zero-order valence-electron chi connectivity index (χ0n) is 7.96. The van der Waals surface area contributed by atoms with Gasteiger partial charge in [0, 0.05) is 6.42 Å². The van der Waals surface area contributed by atoms with Gasteiger partial charge in [-0.25, -0.2) is 0 Å². The van der Waals surface area contributed by atoms with Crippen LogP contribution in [0.2, 0.25) is 0 Å². The van der Waals surface area contributed by atoms with E-state index < -0.39 is 5.60 Å². The highest BCUT2D eigenvalue weighted by Gasteiger charge is 2.27. The van der Waals surface area contributed by atoms with E-state index in [-0.39, 0.29) is 12.0 Å². The summed E-state index contributed by atoms with van der Waals surface area (Å²) in [7, 11) is 0. The summed E-state index contributed by atoms with van der Waals surface area (Å²) in [6.45, 7) is 7.61. The summed E-state index contributed by atoms with van der Waals surface area (Å²) >= 11 is 0. The van der Waals surface area contributed by atoms with Crippen LogP contribution in [0.5, 0.6) is 0 Å². The third kappa shape index (κ3) is 3.73. The molecule has 2 N–H and O–H groups in total. The van der Waals surface area contributed by atoms with E-state index in [4.69, 9.17) is 0 Å². The van der Waals surface area contributed by atoms with Crippen LogP contribution in [0.25, 0.3) is 0 Å². The van der Waals surface area contributed by atoms with Crippen molar-refractivity contribution in [2.75, 3.05) is 0 Å². The Morgan fingerprint density at radius 1 is 1.36 bits per heavy atom. The zero-order chi connectivity index (χ0) is 9.07. The average Bonchev–Trinajstić information content (AvgIpc) is 1.86. The van der Waals surface area contributed by atoms with Gasteiger partial charge in [0.15, 0.2) is 0 Å². The first-order chi connectivity index (χ1) is 4.90. The number of aliphatic hydroxyl groups is 2. The minimum absolute atomic E-state index is 0.198. The van der Waals surface area contributed by atoms with E-state index in [0.717, 1.165) is 0 Å². The molecule has 68 valence electrons. The first kappa shape index (κ1) is 10.9. The molecule has 0 aromatic carbocycles. The van der Waals surface area contributed by atoms with Gasteiger partial charge in [-0.3, -0.25) is 0 Å². The molecule has 0 radical (unpaired) electrons. The first-order valence-corrected chi connectivity index (χ1v) is 4.30. The molecule has 0 fully saturated rings. The van der Waals surface area contributed by atoms with Gasteiger partial charge in [0.1, 0.15) is 0 Å². The summed E-state index contributed by atoms with van der Waals surface area (Å²) in [5, 5.41) is 19.0. The van der Waals surface area contributed by atoms with E-state index in [2.05, 4.69) is 0 Å². The van der Waals surface area contributed by atoms with Crippen LogP contribution in [0.4, 0.5) is 0 Å². The van der Waals surface area contributed by atoms with Crippen molar-refractivity contribution in [3.63, 3.8) is 0 Å². The second-order valence-electron chi connectivity index (χ2n) is 3.78. The minimum atomic E-state index is -0.727. The summed E-state index contributed by atoms with van der Waals surface area (Å²) in [5.41, 5.74) is -0.727. The summed E-state index contributed by atoms with van der Waals surface area (Å²) in [5.74, 6) is 0.198. The molecular formula is C9H20O2. The lowest BCUT2D eigenvalue weighted by Crippen LogP contribution is -2.35. The molecule has 0 aromatic rings. The molecule has 2 heteroatoms. The fourth-order valence-electron chi connectivity index (χ4n) is 0.857. The third-order valence-electron chi connectivity index (χ3n) is 2.36. The van der Waals surface area contributed by atoms with Crippen molar-refractivity contribution < 1.29 is 10.2 Å². The lowest BCUT2D eigenvalue weighted by atomic mass is 9.86. The van der Waals surface area contributed by atoms with Crippen LogP contribution in [0, 0.1) is 5.92 Å². The quantitative estimate of drug-likeness (QED) is 0.655. The van der Waals surface area contributed by atoms with Crippen LogP contribution in [-0.2, 0) is 0 Å². The van der Waals surface area contributed by atoms with Gasteiger partial charge in [0.25, 0.3) is 0 Å². The van der Waals surface area contributed by atoms with Crippen molar-refractivity contribution >= 4 is 0 Å². The molecule has 2 unspecified atom stereocenters. The molecule has 0 bridgehead atoms. The second kappa shape index (κ2) is 4.07. The lowest BCUT2D eigenvalue weighted by Gasteiger charge is -2.29. The maximum atomic E-state index is 9.73. The largest absolute Gasteiger partial charge is 0.393 e. The van der Waals surface area contributed by atoms with Crippen LogP contribution in [0.1, 0.15) is 40.5 Å². The standard InChI is InChI=1S/C9H20O2/c1-5-8(10)6-9(4,11)7(2)3/h7-8,10-11H,5-6H2,1-4H3. The Bertz CT molecular complexity index is 108. The molecule has 11 heavy (non-hydrogen) atoms. The van der Waals surface area contributed by atoms with Gasteiger partial charge < -0.3 is 10.2 Å². The van der Waals surface area contributed by atoms with Gasteiger partial charge in [-0.1, -0.05) is 20.8 Å². The predicted molar refractivity (Wildman–Crippen MR) is 46.4 cm³/mol. The highest BCUT2D eigenvalue weighted by atomic mass is 16.3. The zero-order valence-corrected chi connectivity index (χ0v) is 7.96. The van der Waals surface area contributed by atoms with Crippen molar-refractivity contribution in [1.29, 1.82) is 0 Å². The maximum Gasteiger partial charge on any atom is 0.0667 e. The number of hydrogen-bond acceptors (Lipinski definition) is 2. The molecule has 2 atom stereocenters. The number of hydrogen-bond donors (Lipinski definition) is 2. The highest BCUT2D eigenvalue weighted by molar-refractivity contribution is 4.79. The average molecular weight is 160 g/mol. The summed E-state index contributed by atoms with van der Waals surface area (Å²) in [6.07, 6.45) is 0.816. The van der Waals surface area contributed by atoms with Gasteiger partial charge in [-0.15, -0.1) is 0 Å². The van der Waals surface area contributed by atoms with Crippen LogP contribution in [0.15, 0.2) is 0 Å². The SMILES string of the molecule is CCC(O)CC(C)(O)C(C)C. The number of rotatable bonds is 4. The Hall–Kier alpha value is -0.0800. The van der Waals surface area contributed by atoms with Gasteiger partial charge in [0.2, 0.25) is 0 Å². The van der Waals surface area contributed by atoms with Crippen molar-refractivity contribution in [2.24, 2.45) is 5.92 Å². The number of aliphatic hydroxyl groups excluding tert-OH is 1. The van der Waals surface area contributed by atoms with Crippen molar-refractivity contribution in [3.05, 3.63) is 0 Å². The summed E-state index contributed by atoms with van der Waals surface area (Å²) in [4.78, 5) is 0. The van der Waals surface area contributed by atoms with Crippen LogP contribution >= 0.6 is 0 Å². The van der Waals surface area contributed by atoms with E-state index in [1.165, 1.54) is 0 Å². The fourth-order valence-corrected chi connectivity index (χ4v) is 0.857. The van der Waals surface area contributed by atoms with Gasteiger partial charge in [-0.2, -0.15) is 0 Å². The van der Waals surface area contributed by atoms with E-state index in [1.54, 1.807) is 6.92 Å². The normalized spacial score (nSPS) is 19.9. The molecule has 0 aliphatic heterocycles. The Kier molecular flexibility index (Phi) is 4.04. The third-order valence-corrected chi connectivity index (χ3v) is 2.36. The molecule has 0 heterocycles. The monoisotopic (exact) mass is 160 g/mol. The molecule has 0 rings (SSSR count). The predicted octanol–water partition coefficient (Wildman–Crippen LogP) is 1.55. The molecule has 0 aliphatic rings. The van der Waals surface area contributed by atoms with Crippen LogP contribution in [0.3, 0.4) is 0 Å². The molecule has 0 spiro atoms. The second-order valence-corrected chi connectivity index (χ2v) is 3.78. The molecule has 0 amide bonds. The molecule has 2 nitrogen and oxygen atoms in total. The van der Waals surface area contributed by atoms with Crippen molar-refractivity contribution in [3.8, 4) is 0 Å². The lowest BCUT2D eigenvalue weighted by molar-refractivity contribution is -0.0314. The molecule has 0 aliphatic carbocycles. The van der Waals surface area contributed by atoms with Crippen molar-refractivity contribution in [1.82, 2.24) is 0 Å². The maximum absolute atomic E-state index is 9.73. The van der Waals surface area contributed by atoms with Gasteiger partial charge in [-0.05, 0) is 19.3 Å². The Labute approximate surface area is 69.2 Å². The van der Waals surface area contributed by atoms with E-state index >= 15 is 0 Å². The van der Waals surface area contributed by atoms with Crippen LogP contribution < -0.4 is 0 Å². The summed E-state index contributed by atoms with van der Waals surface area (Å²) < 4.78 is 0. The van der Waals surface area contributed by atoms with E-state index in [0.29, 0.717) is 12.8 Å². The van der Waals surface area contributed by atoms with Crippen LogP contribution in [-0.4, -0.2) is 21.9 Å². The minimum Gasteiger partial charge on any atom is -0.393 e. The molecule has 0 aromatic heterocycles. The molecule has 0 saturated heterocycles. The Morgan fingerprint density at radius 2 is 1.82 bits per heavy atom. The Morgan fingerprint density at radius 3 is 2.09 bits per heavy atom.